The number of likely N-dealkylation sites (tertiary alicyclic amines) is 1. The minimum atomic E-state index is -0.409. The summed E-state index contributed by atoms with van der Waals surface area (Å²) < 4.78 is 10.2. The average Bonchev–Trinajstić information content (AvgIpc) is 2.89. The van der Waals surface area contributed by atoms with E-state index in [9.17, 15) is 9.59 Å². The van der Waals surface area contributed by atoms with Gasteiger partial charge in [0.15, 0.2) is 5.15 Å². The summed E-state index contributed by atoms with van der Waals surface area (Å²) >= 11 is 12.8. The lowest BCUT2D eigenvalue weighted by molar-refractivity contribution is -0.123. The number of aromatic nitrogens is 3. The van der Waals surface area contributed by atoms with Crippen molar-refractivity contribution in [2.24, 2.45) is 11.8 Å². The number of piperidine rings is 1. The van der Waals surface area contributed by atoms with E-state index in [4.69, 9.17) is 32.7 Å². The normalized spacial score (nSPS) is 18.8. The van der Waals surface area contributed by atoms with Crippen molar-refractivity contribution in [2.75, 3.05) is 45.3 Å². The first-order valence-corrected chi connectivity index (χ1v) is 12.5. The molecule has 0 aliphatic carbocycles. The Labute approximate surface area is 214 Å². The number of ether oxygens (including phenoxy) is 2. The molecular weight excluding hydrogens is 493 g/mol. The van der Waals surface area contributed by atoms with Crippen LogP contribution in [-0.4, -0.2) is 71.7 Å². The zero-order chi connectivity index (χ0) is 24.8. The molecule has 1 atom stereocenters. The number of hydrogen-bond acceptors (Lipinski definition) is 8. The average molecular weight is 522 g/mol. The smallest absolute Gasteiger partial charge is 0.409 e. The van der Waals surface area contributed by atoms with Crippen molar-refractivity contribution in [1.29, 1.82) is 0 Å². The summed E-state index contributed by atoms with van der Waals surface area (Å²) in [6.45, 7) is 3.27. The number of methoxy groups -OCH3 is 1. The van der Waals surface area contributed by atoms with Crippen LogP contribution in [0.5, 0.6) is 0 Å². The fourth-order valence-electron chi connectivity index (χ4n) is 4.45. The van der Waals surface area contributed by atoms with Crippen molar-refractivity contribution in [2.45, 2.75) is 32.1 Å². The Bertz CT molecular complexity index is 1060. The number of pyridine rings is 1. The predicted octanol–water partition coefficient (Wildman–Crippen LogP) is 4.27. The zero-order valence-electron chi connectivity index (χ0n) is 19.6. The highest BCUT2D eigenvalue weighted by Gasteiger charge is 2.29. The molecule has 2 saturated heterocycles. The zero-order valence-corrected chi connectivity index (χ0v) is 21.1. The van der Waals surface area contributed by atoms with Crippen molar-refractivity contribution >= 4 is 40.9 Å². The van der Waals surface area contributed by atoms with Gasteiger partial charge in [0, 0.05) is 62.6 Å². The number of rotatable bonds is 7. The number of hydrogen-bond donors (Lipinski definition) is 1. The fraction of sp³-hybridized carbons (Fsp3) is 0.542. The molecule has 0 saturated carbocycles. The SMILES string of the molecule is COC(=O)N1CCC[C@H](C(=O)Cc2cc(-c3nc(NCC4CCOCC4)cnc3Cl)c(Cl)cn2)C1. The van der Waals surface area contributed by atoms with Gasteiger partial charge in [-0.25, -0.2) is 14.8 Å². The summed E-state index contributed by atoms with van der Waals surface area (Å²) in [5, 5.41) is 3.92. The summed E-state index contributed by atoms with van der Waals surface area (Å²) in [4.78, 5) is 39.7. The van der Waals surface area contributed by atoms with E-state index in [-0.39, 0.29) is 23.3 Å². The number of anilines is 1. The number of carbonyl (C=O) groups excluding carboxylic acids is 2. The van der Waals surface area contributed by atoms with Crippen LogP contribution in [0.3, 0.4) is 0 Å². The van der Waals surface area contributed by atoms with E-state index in [1.807, 2.05) is 0 Å². The molecule has 2 aromatic rings. The van der Waals surface area contributed by atoms with Crippen molar-refractivity contribution in [3.05, 3.63) is 34.3 Å². The number of halogens is 2. The van der Waals surface area contributed by atoms with Gasteiger partial charge in [0.1, 0.15) is 17.3 Å². The minimum absolute atomic E-state index is 0.0171. The van der Waals surface area contributed by atoms with Gasteiger partial charge in [0.25, 0.3) is 0 Å². The van der Waals surface area contributed by atoms with Crippen LogP contribution in [0.1, 0.15) is 31.4 Å². The molecule has 2 aliphatic heterocycles. The third-order valence-electron chi connectivity index (χ3n) is 6.47. The topological polar surface area (TPSA) is 107 Å². The largest absolute Gasteiger partial charge is 0.453 e. The Morgan fingerprint density at radius 1 is 1.20 bits per heavy atom. The van der Waals surface area contributed by atoms with Crippen molar-refractivity contribution < 1.29 is 19.1 Å². The third kappa shape index (κ3) is 6.59. The Hall–Kier alpha value is -2.49. The minimum Gasteiger partial charge on any atom is -0.453 e. The van der Waals surface area contributed by atoms with E-state index in [0.717, 1.165) is 45.4 Å². The van der Waals surface area contributed by atoms with Crippen LogP contribution in [0, 0.1) is 11.8 Å². The molecule has 2 aromatic heterocycles. The molecule has 0 spiro atoms. The maximum atomic E-state index is 13.0. The Kier molecular flexibility index (Phi) is 8.75. The van der Waals surface area contributed by atoms with E-state index in [1.54, 1.807) is 17.2 Å². The van der Waals surface area contributed by atoms with Gasteiger partial charge in [0.05, 0.1) is 18.3 Å². The lowest BCUT2D eigenvalue weighted by Crippen LogP contribution is -2.42. The molecule has 0 radical (unpaired) electrons. The van der Waals surface area contributed by atoms with E-state index >= 15 is 0 Å². The molecule has 188 valence electrons. The van der Waals surface area contributed by atoms with Crippen molar-refractivity contribution in [3.8, 4) is 11.3 Å². The van der Waals surface area contributed by atoms with Gasteiger partial charge < -0.3 is 19.7 Å². The van der Waals surface area contributed by atoms with E-state index < -0.39 is 6.09 Å². The molecule has 2 aliphatic rings. The van der Waals surface area contributed by atoms with E-state index in [0.29, 0.717) is 46.8 Å². The molecule has 0 bridgehead atoms. The molecule has 1 amide bonds. The second kappa shape index (κ2) is 12.0. The van der Waals surface area contributed by atoms with Gasteiger partial charge in [-0.3, -0.25) is 9.78 Å². The summed E-state index contributed by atoms with van der Waals surface area (Å²) in [6, 6.07) is 1.74. The summed E-state index contributed by atoms with van der Waals surface area (Å²) in [5.41, 5.74) is 1.55. The number of ketones is 1. The first-order chi connectivity index (χ1) is 16.9. The molecule has 2 fully saturated rings. The lowest BCUT2D eigenvalue weighted by atomic mass is 9.91. The Morgan fingerprint density at radius 2 is 2.00 bits per heavy atom. The monoisotopic (exact) mass is 521 g/mol. The Balaban J connectivity index is 1.47. The first kappa shape index (κ1) is 25.6. The summed E-state index contributed by atoms with van der Waals surface area (Å²) in [5.74, 6) is 0.876. The molecule has 4 heterocycles. The van der Waals surface area contributed by atoms with Crippen LogP contribution in [-0.2, 0) is 20.7 Å². The standard InChI is InChI=1S/C24H29Cl2N5O4/c1-34-24(33)31-6-2-3-16(14-31)20(32)10-17-9-18(19(25)12-27-17)22-23(26)29-13-21(30-22)28-11-15-4-7-35-8-5-15/h9,12-13,15-16H,2-8,10-11,14H2,1H3,(H,28,30)/t16-/m0/s1. The predicted molar refractivity (Wildman–Crippen MR) is 133 cm³/mol. The molecule has 0 aromatic carbocycles. The van der Waals surface area contributed by atoms with Gasteiger partial charge in [-0.2, -0.15) is 0 Å². The summed E-state index contributed by atoms with van der Waals surface area (Å²) in [7, 11) is 1.34. The number of Topliss-reactive ketones (excluding diaryl/α,β-unsaturated/α-hetero) is 1. The number of nitrogens with zero attached hydrogens (tertiary/aromatic N) is 4. The maximum Gasteiger partial charge on any atom is 0.409 e. The molecule has 1 N–H and O–H groups in total. The molecule has 0 unspecified atom stereocenters. The quantitative estimate of drug-likeness (QED) is 0.575. The molecule has 35 heavy (non-hydrogen) atoms. The molecular formula is C24H29Cl2N5O4. The highest BCUT2D eigenvalue weighted by molar-refractivity contribution is 6.35. The number of nitrogens with one attached hydrogen (secondary N) is 1. The van der Waals surface area contributed by atoms with Gasteiger partial charge in [-0.1, -0.05) is 23.2 Å². The van der Waals surface area contributed by atoms with Crippen LogP contribution >= 0.6 is 23.2 Å². The van der Waals surface area contributed by atoms with Crippen LogP contribution in [0.15, 0.2) is 18.5 Å². The Morgan fingerprint density at radius 3 is 2.77 bits per heavy atom. The van der Waals surface area contributed by atoms with E-state index in [2.05, 4.69) is 20.3 Å². The van der Waals surface area contributed by atoms with Crippen molar-refractivity contribution in [1.82, 2.24) is 19.9 Å². The maximum absolute atomic E-state index is 13.0. The van der Waals surface area contributed by atoms with Crippen LogP contribution < -0.4 is 5.32 Å². The van der Waals surface area contributed by atoms with Gasteiger partial charge in [-0.15, -0.1) is 0 Å². The highest BCUT2D eigenvalue weighted by atomic mass is 35.5. The van der Waals surface area contributed by atoms with Gasteiger partial charge >= 0.3 is 6.09 Å². The van der Waals surface area contributed by atoms with Crippen LogP contribution in [0.4, 0.5) is 10.6 Å². The summed E-state index contributed by atoms with van der Waals surface area (Å²) in [6.07, 6.45) is 6.31. The highest BCUT2D eigenvalue weighted by Crippen LogP contribution is 2.32. The second-order valence-electron chi connectivity index (χ2n) is 8.89. The lowest BCUT2D eigenvalue weighted by Gasteiger charge is -2.30. The molecule has 9 nitrogen and oxygen atoms in total. The first-order valence-electron chi connectivity index (χ1n) is 11.8. The number of carbonyl (C=O) groups is 2. The second-order valence-corrected chi connectivity index (χ2v) is 9.65. The van der Waals surface area contributed by atoms with E-state index in [1.165, 1.54) is 13.3 Å². The molecule has 11 heteroatoms. The fourth-order valence-corrected chi connectivity index (χ4v) is 4.83. The van der Waals surface area contributed by atoms with Gasteiger partial charge in [0.2, 0.25) is 0 Å². The number of amides is 1. The van der Waals surface area contributed by atoms with Crippen molar-refractivity contribution in [3.63, 3.8) is 0 Å². The van der Waals surface area contributed by atoms with Crippen LogP contribution in [0.25, 0.3) is 11.3 Å². The molecule has 4 rings (SSSR count). The third-order valence-corrected chi connectivity index (χ3v) is 7.05. The van der Waals surface area contributed by atoms with Crippen LogP contribution in [0.2, 0.25) is 10.2 Å². The van der Waals surface area contributed by atoms with Gasteiger partial charge in [-0.05, 0) is 37.7 Å².